The van der Waals surface area contributed by atoms with Crippen LogP contribution in [-0.2, 0) is 16.1 Å². The maximum absolute atomic E-state index is 11.4. The van der Waals surface area contributed by atoms with Crippen molar-refractivity contribution < 1.29 is 14.3 Å². The SMILES string of the molecule is CCNC(=NCc1ccc(C)cc1OC)NCC(C)C(=O)OC. The van der Waals surface area contributed by atoms with Gasteiger partial charge in [-0.3, -0.25) is 4.79 Å². The molecule has 0 spiro atoms. The van der Waals surface area contributed by atoms with Crippen LogP contribution in [0.3, 0.4) is 0 Å². The van der Waals surface area contributed by atoms with Gasteiger partial charge >= 0.3 is 5.97 Å². The number of aliphatic imine (C=N–C) groups is 1. The highest BCUT2D eigenvalue weighted by atomic mass is 16.5. The molecule has 128 valence electrons. The third kappa shape index (κ3) is 6.18. The number of nitrogens with zero attached hydrogens (tertiary/aromatic N) is 1. The molecule has 1 aromatic rings. The predicted molar refractivity (Wildman–Crippen MR) is 91.7 cm³/mol. The largest absolute Gasteiger partial charge is 0.496 e. The van der Waals surface area contributed by atoms with Crippen molar-refractivity contribution >= 4 is 11.9 Å². The van der Waals surface area contributed by atoms with Crippen LogP contribution >= 0.6 is 0 Å². The standard InChI is InChI=1S/C17H27N3O3/c1-6-18-17(19-10-13(3)16(21)23-5)20-11-14-8-7-12(2)9-15(14)22-4/h7-9,13H,6,10-11H2,1-5H3,(H2,18,19,20). The van der Waals surface area contributed by atoms with Crippen molar-refractivity contribution in [3.8, 4) is 5.75 Å². The molecule has 0 radical (unpaired) electrons. The first-order chi connectivity index (χ1) is 11.0. The van der Waals surface area contributed by atoms with Gasteiger partial charge in [0.2, 0.25) is 0 Å². The molecule has 0 aliphatic rings. The van der Waals surface area contributed by atoms with E-state index in [0.717, 1.165) is 23.4 Å². The van der Waals surface area contributed by atoms with E-state index in [1.165, 1.54) is 7.11 Å². The number of carbonyl (C=O) groups is 1. The summed E-state index contributed by atoms with van der Waals surface area (Å²) in [5.74, 6) is 1.00. The molecular weight excluding hydrogens is 294 g/mol. The van der Waals surface area contributed by atoms with Crippen LogP contribution in [0.1, 0.15) is 25.0 Å². The molecule has 0 heterocycles. The molecule has 0 amide bonds. The highest BCUT2D eigenvalue weighted by Crippen LogP contribution is 2.20. The molecule has 0 saturated heterocycles. The molecule has 1 aromatic carbocycles. The molecule has 0 aliphatic heterocycles. The van der Waals surface area contributed by atoms with Gasteiger partial charge in [0.15, 0.2) is 5.96 Å². The molecular formula is C17H27N3O3. The molecule has 0 saturated carbocycles. The number of hydrogen-bond donors (Lipinski definition) is 2. The van der Waals surface area contributed by atoms with Gasteiger partial charge < -0.3 is 20.1 Å². The number of guanidine groups is 1. The van der Waals surface area contributed by atoms with Gasteiger partial charge in [0.25, 0.3) is 0 Å². The molecule has 6 heteroatoms. The van der Waals surface area contributed by atoms with Gasteiger partial charge in [0.05, 0.1) is 26.7 Å². The predicted octanol–water partition coefficient (Wildman–Crippen LogP) is 1.87. The normalized spacial score (nSPS) is 12.5. The first-order valence-corrected chi connectivity index (χ1v) is 7.75. The smallest absolute Gasteiger partial charge is 0.310 e. The van der Waals surface area contributed by atoms with E-state index in [1.54, 1.807) is 7.11 Å². The van der Waals surface area contributed by atoms with E-state index in [9.17, 15) is 4.79 Å². The number of ether oxygens (including phenoxy) is 2. The fourth-order valence-electron chi connectivity index (χ4n) is 2.02. The number of hydrogen-bond acceptors (Lipinski definition) is 4. The third-order valence-corrected chi connectivity index (χ3v) is 3.37. The molecule has 1 rings (SSSR count). The second-order valence-corrected chi connectivity index (χ2v) is 5.32. The Kier molecular flexibility index (Phi) is 7.94. The van der Waals surface area contributed by atoms with E-state index >= 15 is 0 Å². The van der Waals surface area contributed by atoms with Crippen LogP contribution in [0.2, 0.25) is 0 Å². The number of nitrogens with one attached hydrogen (secondary N) is 2. The number of esters is 1. The van der Waals surface area contributed by atoms with Gasteiger partial charge in [-0.25, -0.2) is 4.99 Å². The number of benzene rings is 1. The van der Waals surface area contributed by atoms with Gasteiger partial charge in [0, 0.05) is 18.7 Å². The Labute approximate surface area is 138 Å². The zero-order valence-corrected chi connectivity index (χ0v) is 14.6. The van der Waals surface area contributed by atoms with Crippen LogP contribution in [0.5, 0.6) is 5.75 Å². The van der Waals surface area contributed by atoms with E-state index in [-0.39, 0.29) is 11.9 Å². The van der Waals surface area contributed by atoms with Crippen LogP contribution < -0.4 is 15.4 Å². The molecule has 1 unspecified atom stereocenters. The van der Waals surface area contributed by atoms with Gasteiger partial charge in [0.1, 0.15) is 5.75 Å². The minimum absolute atomic E-state index is 0.238. The summed E-state index contributed by atoms with van der Waals surface area (Å²) in [5.41, 5.74) is 2.16. The van der Waals surface area contributed by atoms with E-state index in [2.05, 4.69) is 15.6 Å². The summed E-state index contributed by atoms with van der Waals surface area (Å²) < 4.78 is 10.1. The maximum Gasteiger partial charge on any atom is 0.310 e. The lowest BCUT2D eigenvalue weighted by Gasteiger charge is -2.15. The molecule has 23 heavy (non-hydrogen) atoms. The van der Waals surface area contributed by atoms with E-state index < -0.39 is 0 Å². The van der Waals surface area contributed by atoms with Crippen molar-refractivity contribution in [2.45, 2.75) is 27.3 Å². The van der Waals surface area contributed by atoms with Gasteiger partial charge in [-0.2, -0.15) is 0 Å². The van der Waals surface area contributed by atoms with E-state index in [0.29, 0.717) is 19.0 Å². The van der Waals surface area contributed by atoms with Crippen molar-refractivity contribution in [2.24, 2.45) is 10.9 Å². The van der Waals surface area contributed by atoms with Gasteiger partial charge in [-0.05, 0) is 25.5 Å². The quantitative estimate of drug-likeness (QED) is 0.456. The summed E-state index contributed by atoms with van der Waals surface area (Å²) in [5, 5.41) is 6.31. The number of carbonyl (C=O) groups excluding carboxylic acids is 1. The van der Waals surface area contributed by atoms with Crippen molar-refractivity contribution in [1.82, 2.24) is 10.6 Å². The summed E-state index contributed by atoms with van der Waals surface area (Å²) in [6.07, 6.45) is 0. The average molecular weight is 321 g/mol. The second-order valence-electron chi connectivity index (χ2n) is 5.32. The highest BCUT2D eigenvalue weighted by molar-refractivity contribution is 5.80. The number of aryl methyl sites for hydroxylation is 1. The zero-order valence-electron chi connectivity index (χ0n) is 14.6. The summed E-state index contributed by atoms with van der Waals surface area (Å²) in [6.45, 7) is 7.52. The monoisotopic (exact) mass is 321 g/mol. The zero-order chi connectivity index (χ0) is 17.2. The van der Waals surface area contributed by atoms with E-state index in [1.807, 2.05) is 39.0 Å². The minimum Gasteiger partial charge on any atom is -0.496 e. The number of rotatable bonds is 7. The number of methoxy groups -OCH3 is 2. The Morgan fingerprint density at radius 2 is 2.04 bits per heavy atom. The summed E-state index contributed by atoms with van der Waals surface area (Å²) in [4.78, 5) is 16.0. The Morgan fingerprint density at radius 3 is 2.65 bits per heavy atom. The first-order valence-electron chi connectivity index (χ1n) is 7.75. The minimum atomic E-state index is -0.242. The molecule has 0 aliphatic carbocycles. The molecule has 1 atom stereocenters. The Morgan fingerprint density at radius 1 is 1.30 bits per heavy atom. The molecule has 2 N–H and O–H groups in total. The second kappa shape index (κ2) is 9.71. The van der Waals surface area contributed by atoms with E-state index in [4.69, 9.17) is 9.47 Å². The van der Waals surface area contributed by atoms with Crippen LogP contribution in [-0.4, -0.2) is 39.2 Å². The first kappa shape index (κ1) is 18.8. The molecule has 0 fully saturated rings. The Bertz CT molecular complexity index is 544. The lowest BCUT2D eigenvalue weighted by molar-refractivity contribution is -0.144. The Balaban J connectivity index is 2.73. The third-order valence-electron chi connectivity index (χ3n) is 3.37. The van der Waals surface area contributed by atoms with Crippen LogP contribution in [0, 0.1) is 12.8 Å². The fraction of sp³-hybridized carbons (Fsp3) is 0.529. The van der Waals surface area contributed by atoms with Crippen molar-refractivity contribution in [2.75, 3.05) is 27.3 Å². The van der Waals surface area contributed by atoms with Crippen molar-refractivity contribution in [1.29, 1.82) is 0 Å². The fourth-order valence-corrected chi connectivity index (χ4v) is 2.02. The van der Waals surface area contributed by atoms with Crippen LogP contribution in [0.15, 0.2) is 23.2 Å². The molecule has 6 nitrogen and oxygen atoms in total. The Hall–Kier alpha value is -2.24. The van der Waals surface area contributed by atoms with Crippen LogP contribution in [0.4, 0.5) is 0 Å². The lowest BCUT2D eigenvalue weighted by Crippen LogP contribution is -2.40. The topological polar surface area (TPSA) is 72.0 Å². The molecule has 0 aromatic heterocycles. The maximum atomic E-state index is 11.4. The van der Waals surface area contributed by atoms with Crippen molar-refractivity contribution in [3.63, 3.8) is 0 Å². The average Bonchev–Trinajstić information content (AvgIpc) is 2.56. The summed E-state index contributed by atoms with van der Waals surface area (Å²) in [7, 11) is 3.05. The lowest BCUT2D eigenvalue weighted by atomic mass is 10.1. The molecule has 0 bridgehead atoms. The summed E-state index contributed by atoms with van der Waals surface area (Å²) >= 11 is 0. The van der Waals surface area contributed by atoms with Crippen LogP contribution in [0.25, 0.3) is 0 Å². The highest BCUT2D eigenvalue weighted by Gasteiger charge is 2.13. The van der Waals surface area contributed by atoms with Crippen molar-refractivity contribution in [3.05, 3.63) is 29.3 Å². The van der Waals surface area contributed by atoms with Gasteiger partial charge in [-0.1, -0.05) is 19.1 Å². The summed E-state index contributed by atoms with van der Waals surface area (Å²) in [6, 6.07) is 6.04. The van der Waals surface area contributed by atoms with Gasteiger partial charge in [-0.15, -0.1) is 0 Å².